The van der Waals surface area contributed by atoms with E-state index in [1.807, 2.05) is 0 Å². The van der Waals surface area contributed by atoms with Gasteiger partial charge in [0.25, 0.3) is 0 Å². The van der Waals surface area contributed by atoms with E-state index in [0.717, 1.165) is 19.3 Å². The first-order valence-corrected chi connectivity index (χ1v) is 7.18. The van der Waals surface area contributed by atoms with Crippen LogP contribution >= 0.6 is 0 Å². The number of carbonyl (C=O) groups excluding carboxylic acids is 2. The van der Waals surface area contributed by atoms with Gasteiger partial charge >= 0.3 is 5.97 Å². The van der Waals surface area contributed by atoms with Gasteiger partial charge in [0, 0.05) is 5.56 Å². The van der Waals surface area contributed by atoms with Crippen molar-refractivity contribution in [3.05, 3.63) is 35.6 Å². The fourth-order valence-electron chi connectivity index (χ4n) is 1.97. The van der Waals surface area contributed by atoms with E-state index in [1.165, 1.54) is 31.4 Å². The average Bonchev–Trinajstić information content (AvgIpc) is 2.50. The van der Waals surface area contributed by atoms with E-state index >= 15 is 0 Å². The zero-order valence-corrected chi connectivity index (χ0v) is 12.5. The van der Waals surface area contributed by atoms with E-state index < -0.39 is 17.8 Å². The molecule has 4 nitrogen and oxygen atoms in total. The van der Waals surface area contributed by atoms with Crippen LogP contribution in [0.15, 0.2) is 24.3 Å². The molecule has 0 radical (unpaired) electrons. The third kappa shape index (κ3) is 6.04. The van der Waals surface area contributed by atoms with Crippen molar-refractivity contribution in [1.29, 1.82) is 0 Å². The minimum Gasteiger partial charge on any atom is -0.469 e. The quantitative estimate of drug-likeness (QED) is 0.432. The summed E-state index contributed by atoms with van der Waals surface area (Å²) in [5.74, 6) is -1.07. The van der Waals surface area contributed by atoms with Crippen LogP contribution in [0.1, 0.15) is 43.0 Å². The second-order valence-corrected chi connectivity index (χ2v) is 4.87. The van der Waals surface area contributed by atoms with Crippen molar-refractivity contribution in [2.45, 2.75) is 38.6 Å². The number of methoxy groups -OCH3 is 1. The number of benzene rings is 1. The van der Waals surface area contributed by atoms with Crippen molar-refractivity contribution >= 4 is 11.8 Å². The summed E-state index contributed by atoms with van der Waals surface area (Å²) in [6.07, 6.45) is 3.04. The van der Waals surface area contributed by atoms with Gasteiger partial charge in [0.05, 0.1) is 19.6 Å². The molecule has 0 aliphatic heterocycles. The lowest BCUT2D eigenvalue weighted by Crippen LogP contribution is -2.39. The Morgan fingerprint density at radius 1 is 1.24 bits per heavy atom. The third-order valence-electron chi connectivity index (χ3n) is 3.21. The maximum Gasteiger partial charge on any atom is 0.307 e. The van der Waals surface area contributed by atoms with Crippen molar-refractivity contribution < 1.29 is 18.7 Å². The van der Waals surface area contributed by atoms with Crippen LogP contribution in [0.3, 0.4) is 0 Å². The van der Waals surface area contributed by atoms with Crippen LogP contribution in [-0.4, -0.2) is 31.4 Å². The molecule has 1 atom stereocenters. The number of rotatable bonds is 9. The molecule has 0 fully saturated rings. The van der Waals surface area contributed by atoms with Crippen molar-refractivity contribution in [3.63, 3.8) is 0 Å². The fraction of sp³-hybridized carbons (Fsp3) is 0.500. The van der Waals surface area contributed by atoms with E-state index in [2.05, 4.69) is 17.0 Å². The fourth-order valence-corrected chi connectivity index (χ4v) is 1.97. The number of esters is 1. The molecule has 1 aromatic rings. The molecule has 0 bridgehead atoms. The Balaban J connectivity index is 2.71. The van der Waals surface area contributed by atoms with Gasteiger partial charge in [0.2, 0.25) is 0 Å². The van der Waals surface area contributed by atoms with Gasteiger partial charge in [-0.3, -0.25) is 9.59 Å². The molecule has 0 heterocycles. The lowest BCUT2D eigenvalue weighted by molar-refractivity contribution is -0.140. The van der Waals surface area contributed by atoms with Crippen LogP contribution in [0.2, 0.25) is 0 Å². The van der Waals surface area contributed by atoms with Gasteiger partial charge in [0.1, 0.15) is 5.82 Å². The van der Waals surface area contributed by atoms with Gasteiger partial charge in [-0.05, 0) is 37.2 Å². The lowest BCUT2D eigenvalue weighted by atomic mass is 10.0. The standard InChI is InChI=1S/C16H22FNO3/c1-3-4-5-10-18-14(11-15(19)21-2)16(20)12-6-8-13(17)9-7-12/h6-9,14,18H,3-5,10-11H2,1-2H3. The van der Waals surface area contributed by atoms with Gasteiger partial charge in [-0.2, -0.15) is 0 Å². The Hall–Kier alpha value is -1.75. The van der Waals surface area contributed by atoms with Crippen molar-refractivity contribution in [2.75, 3.05) is 13.7 Å². The lowest BCUT2D eigenvalue weighted by Gasteiger charge is -2.16. The summed E-state index contributed by atoms with van der Waals surface area (Å²) in [5.41, 5.74) is 0.383. The minimum absolute atomic E-state index is 0.0289. The number of halogens is 1. The van der Waals surface area contributed by atoms with Gasteiger partial charge in [0.15, 0.2) is 5.78 Å². The molecule has 1 rings (SSSR count). The number of hydrogen-bond acceptors (Lipinski definition) is 4. The van der Waals surface area contributed by atoms with Gasteiger partial charge < -0.3 is 10.1 Å². The van der Waals surface area contributed by atoms with Crippen molar-refractivity contribution in [3.8, 4) is 0 Å². The molecule has 0 aliphatic carbocycles. The molecule has 21 heavy (non-hydrogen) atoms. The largest absolute Gasteiger partial charge is 0.469 e. The minimum atomic E-state index is -0.639. The maximum absolute atomic E-state index is 12.9. The first-order chi connectivity index (χ1) is 10.1. The molecule has 116 valence electrons. The van der Waals surface area contributed by atoms with Gasteiger partial charge in [-0.1, -0.05) is 19.8 Å². The molecule has 0 aromatic heterocycles. The molecule has 0 amide bonds. The summed E-state index contributed by atoms with van der Waals surface area (Å²) in [4.78, 5) is 23.8. The van der Waals surface area contributed by atoms with Crippen LogP contribution in [0.5, 0.6) is 0 Å². The molecule has 5 heteroatoms. The number of ether oxygens (including phenoxy) is 1. The van der Waals surface area contributed by atoms with Crippen molar-refractivity contribution in [2.24, 2.45) is 0 Å². The van der Waals surface area contributed by atoms with E-state index in [0.29, 0.717) is 12.1 Å². The molecule has 0 spiro atoms. The van der Waals surface area contributed by atoms with E-state index in [1.54, 1.807) is 0 Å². The third-order valence-corrected chi connectivity index (χ3v) is 3.21. The highest BCUT2D eigenvalue weighted by Crippen LogP contribution is 2.09. The highest BCUT2D eigenvalue weighted by molar-refractivity contribution is 6.01. The zero-order valence-electron chi connectivity index (χ0n) is 12.5. The number of carbonyl (C=O) groups is 2. The van der Waals surface area contributed by atoms with Gasteiger partial charge in [-0.25, -0.2) is 4.39 Å². The summed E-state index contributed by atoms with van der Waals surface area (Å²) in [5, 5.41) is 3.09. The zero-order chi connectivity index (χ0) is 15.7. The highest BCUT2D eigenvalue weighted by Gasteiger charge is 2.23. The molecule has 0 aliphatic rings. The van der Waals surface area contributed by atoms with Crippen LogP contribution < -0.4 is 5.32 Å². The summed E-state index contributed by atoms with van der Waals surface area (Å²) in [6.45, 7) is 2.75. The van der Waals surface area contributed by atoms with E-state index in [9.17, 15) is 14.0 Å². The molecular weight excluding hydrogens is 273 g/mol. The SMILES string of the molecule is CCCCCNC(CC(=O)OC)C(=O)c1ccc(F)cc1. The molecule has 1 aromatic carbocycles. The van der Waals surface area contributed by atoms with Crippen molar-refractivity contribution in [1.82, 2.24) is 5.32 Å². The van der Waals surface area contributed by atoms with Crippen LogP contribution in [0, 0.1) is 5.82 Å². The number of unbranched alkanes of at least 4 members (excludes halogenated alkanes) is 2. The second kappa shape index (κ2) is 9.23. The molecular formula is C16H22FNO3. The predicted molar refractivity (Wildman–Crippen MR) is 78.7 cm³/mol. The predicted octanol–water partition coefficient (Wildman–Crippen LogP) is 2.72. The normalized spacial score (nSPS) is 12.0. The smallest absolute Gasteiger partial charge is 0.307 e. The molecule has 1 N–H and O–H groups in total. The molecule has 0 saturated carbocycles. The Morgan fingerprint density at radius 3 is 2.48 bits per heavy atom. The summed E-state index contributed by atoms with van der Waals surface area (Å²) >= 11 is 0. The molecule has 0 saturated heterocycles. The average molecular weight is 295 g/mol. The van der Waals surface area contributed by atoms with E-state index in [4.69, 9.17) is 0 Å². The number of Topliss-reactive ketones (excluding diaryl/α,β-unsaturated/α-hetero) is 1. The van der Waals surface area contributed by atoms with Crippen LogP contribution in [0.25, 0.3) is 0 Å². The number of ketones is 1. The number of hydrogen-bond donors (Lipinski definition) is 1. The Labute approximate surface area is 124 Å². The first kappa shape index (κ1) is 17.3. The summed E-state index contributed by atoms with van der Waals surface area (Å²) < 4.78 is 17.5. The second-order valence-electron chi connectivity index (χ2n) is 4.87. The Kier molecular flexibility index (Phi) is 7.61. The maximum atomic E-state index is 12.9. The summed E-state index contributed by atoms with van der Waals surface area (Å²) in [6, 6.07) is 4.68. The Morgan fingerprint density at radius 2 is 1.90 bits per heavy atom. The highest BCUT2D eigenvalue weighted by atomic mass is 19.1. The van der Waals surface area contributed by atoms with Crippen LogP contribution in [-0.2, 0) is 9.53 Å². The monoisotopic (exact) mass is 295 g/mol. The van der Waals surface area contributed by atoms with Crippen LogP contribution in [0.4, 0.5) is 4.39 Å². The topological polar surface area (TPSA) is 55.4 Å². The molecule has 1 unspecified atom stereocenters. The Bertz CT molecular complexity index is 459. The summed E-state index contributed by atoms with van der Waals surface area (Å²) in [7, 11) is 1.29. The van der Waals surface area contributed by atoms with Gasteiger partial charge in [-0.15, -0.1) is 0 Å². The van der Waals surface area contributed by atoms with E-state index in [-0.39, 0.29) is 12.2 Å². The first-order valence-electron chi connectivity index (χ1n) is 7.18. The number of nitrogens with one attached hydrogen (secondary N) is 1.